The molecular weight excluding hydrogens is 961 g/mol. The van der Waals surface area contributed by atoms with E-state index in [1.807, 2.05) is 0 Å². The molecule has 0 N–H and O–H groups in total. The van der Waals surface area contributed by atoms with Crippen molar-refractivity contribution < 1.29 is 28.6 Å². The van der Waals surface area contributed by atoms with E-state index < -0.39 is 6.10 Å². The van der Waals surface area contributed by atoms with Crippen molar-refractivity contribution in [3.05, 3.63) is 97.2 Å². The molecule has 6 heteroatoms. The van der Waals surface area contributed by atoms with Crippen molar-refractivity contribution in [3.8, 4) is 0 Å². The van der Waals surface area contributed by atoms with E-state index in [0.717, 1.165) is 122 Å². The average Bonchev–Trinajstić information content (AvgIpc) is 3.44. The van der Waals surface area contributed by atoms with Crippen LogP contribution in [0.1, 0.15) is 323 Å². The van der Waals surface area contributed by atoms with Gasteiger partial charge < -0.3 is 14.2 Å². The second-order valence-electron chi connectivity index (χ2n) is 22.0. The minimum absolute atomic E-state index is 0.0988. The molecule has 0 aromatic carbocycles. The molecule has 1 atom stereocenters. The Morgan fingerprint density at radius 1 is 0.269 bits per heavy atom. The number of carbonyl (C=O) groups excluding carboxylic acids is 3. The monoisotopic (exact) mass is 1080 g/mol. The topological polar surface area (TPSA) is 78.9 Å². The Morgan fingerprint density at radius 3 is 0.782 bits per heavy atom. The smallest absolute Gasteiger partial charge is 0.306 e. The Labute approximate surface area is 483 Å². The molecule has 78 heavy (non-hydrogen) atoms. The highest BCUT2D eigenvalue weighted by Crippen LogP contribution is 2.17. The first kappa shape index (κ1) is 74.3. The molecule has 1 unspecified atom stereocenters. The van der Waals surface area contributed by atoms with Crippen LogP contribution in [0.2, 0.25) is 0 Å². The maximum Gasteiger partial charge on any atom is 0.306 e. The molecule has 0 heterocycles. The van der Waals surface area contributed by atoms with Crippen molar-refractivity contribution >= 4 is 17.9 Å². The van der Waals surface area contributed by atoms with E-state index in [1.165, 1.54) is 161 Å². The zero-order valence-electron chi connectivity index (χ0n) is 51.4. The van der Waals surface area contributed by atoms with Gasteiger partial charge in [-0.2, -0.15) is 0 Å². The zero-order chi connectivity index (χ0) is 56.4. The molecular formula is C72H124O6. The fraction of sp³-hybridized carbons (Fsp3) is 0.736. The first-order chi connectivity index (χ1) is 38.5. The van der Waals surface area contributed by atoms with Crippen LogP contribution in [0.4, 0.5) is 0 Å². The summed E-state index contributed by atoms with van der Waals surface area (Å²) >= 11 is 0. The van der Waals surface area contributed by atoms with Gasteiger partial charge in [-0.1, -0.05) is 304 Å². The zero-order valence-corrected chi connectivity index (χ0v) is 51.4. The Kier molecular flexibility index (Phi) is 62.7. The van der Waals surface area contributed by atoms with Gasteiger partial charge in [0.05, 0.1) is 0 Å². The number of hydrogen-bond donors (Lipinski definition) is 0. The molecule has 0 rings (SSSR count). The summed E-state index contributed by atoms with van der Waals surface area (Å²) in [5, 5.41) is 0. The lowest BCUT2D eigenvalue weighted by molar-refractivity contribution is -0.167. The van der Waals surface area contributed by atoms with Crippen LogP contribution in [0.15, 0.2) is 97.2 Å². The molecule has 0 radical (unpaired) electrons. The van der Waals surface area contributed by atoms with Gasteiger partial charge in [0, 0.05) is 19.3 Å². The van der Waals surface area contributed by atoms with Gasteiger partial charge in [-0.25, -0.2) is 0 Å². The standard InChI is InChI=1S/C72H124O6/c1-4-7-10-13-16-19-22-25-27-29-31-32-33-34-35-36-37-38-39-41-42-44-47-50-53-56-59-62-65-71(74)77-68-69(67-76-70(73)64-61-58-55-52-49-46-24-21-18-15-12-9-6-3)78-72(75)66-63-60-57-54-51-48-45-43-40-30-28-26-23-20-17-14-11-8-5-2/h8-9,11-12,17-18,20-21,26,28,40,43,46,48-49,51,69H,4-7,10,13-16,19,22-25,27,29-39,41-42,44-45,47,50,52-68H2,1-3H3/b11-8-,12-9-,20-17-,21-18-,28-26-,43-40-,49-46-,51-48-. The van der Waals surface area contributed by atoms with Crippen LogP contribution in [-0.4, -0.2) is 37.2 Å². The Bertz CT molecular complexity index is 1530. The summed E-state index contributed by atoms with van der Waals surface area (Å²) in [6, 6.07) is 0. The highest BCUT2D eigenvalue weighted by molar-refractivity contribution is 5.71. The molecule has 0 aliphatic carbocycles. The summed E-state index contributed by atoms with van der Waals surface area (Å²) in [7, 11) is 0. The predicted molar refractivity (Wildman–Crippen MR) is 339 cm³/mol. The number of rotatable bonds is 60. The largest absolute Gasteiger partial charge is 0.462 e. The van der Waals surface area contributed by atoms with E-state index in [-0.39, 0.29) is 37.5 Å². The maximum atomic E-state index is 12.9. The Morgan fingerprint density at radius 2 is 0.500 bits per heavy atom. The minimum atomic E-state index is -0.808. The van der Waals surface area contributed by atoms with Crippen molar-refractivity contribution in [2.45, 2.75) is 329 Å². The second kappa shape index (κ2) is 65.8. The third-order valence-corrected chi connectivity index (χ3v) is 14.3. The molecule has 0 fully saturated rings. The van der Waals surface area contributed by atoms with Crippen molar-refractivity contribution in [1.82, 2.24) is 0 Å². The summed E-state index contributed by atoms with van der Waals surface area (Å²) in [6.45, 7) is 6.39. The fourth-order valence-electron chi connectivity index (χ4n) is 9.43. The van der Waals surface area contributed by atoms with E-state index in [1.54, 1.807) is 0 Å². The van der Waals surface area contributed by atoms with Crippen LogP contribution in [0, 0.1) is 0 Å². The van der Waals surface area contributed by atoms with Gasteiger partial charge in [-0.05, 0) is 96.3 Å². The molecule has 0 bridgehead atoms. The van der Waals surface area contributed by atoms with Crippen LogP contribution >= 0.6 is 0 Å². The van der Waals surface area contributed by atoms with Crippen LogP contribution in [0.25, 0.3) is 0 Å². The third kappa shape index (κ3) is 63.2. The van der Waals surface area contributed by atoms with E-state index in [0.29, 0.717) is 12.8 Å². The van der Waals surface area contributed by atoms with Gasteiger partial charge in [-0.15, -0.1) is 0 Å². The van der Waals surface area contributed by atoms with Crippen molar-refractivity contribution in [3.63, 3.8) is 0 Å². The molecule has 0 saturated heterocycles. The SMILES string of the molecule is CC/C=C\C/C=C\C/C=C\C/C=C\C/C=C\CCCCCC(=O)OC(COC(=O)CCCCC/C=C\C/C=C\C/C=C\CC)COC(=O)CCCCCCCCCCCCCCCCCCCCCCCCCCCCCC. The normalized spacial score (nSPS) is 12.7. The molecule has 0 aliphatic rings. The molecule has 0 aromatic rings. The second-order valence-corrected chi connectivity index (χ2v) is 22.0. The van der Waals surface area contributed by atoms with Crippen LogP contribution in [0.5, 0.6) is 0 Å². The number of hydrogen-bond acceptors (Lipinski definition) is 6. The molecule has 0 aliphatic heterocycles. The van der Waals surface area contributed by atoms with Crippen molar-refractivity contribution in [1.29, 1.82) is 0 Å². The lowest BCUT2D eigenvalue weighted by Gasteiger charge is -2.18. The van der Waals surface area contributed by atoms with Gasteiger partial charge in [0.1, 0.15) is 13.2 Å². The Balaban J connectivity index is 4.28. The number of esters is 3. The van der Waals surface area contributed by atoms with Crippen LogP contribution < -0.4 is 0 Å². The first-order valence-corrected chi connectivity index (χ1v) is 33.2. The number of unbranched alkanes of at least 4 members (excludes halogenated alkanes) is 33. The summed E-state index contributed by atoms with van der Waals surface area (Å²) in [5.74, 6) is -0.952. The average molecular weight is 1090 g/mol. The van der Waals surface area contributed by atoms with Gasteiger partial charge in [0.2, 0.25) is 0 Å². The van der Waals surface area contributed by atoms with E-state index in [2.05, 4.69) is 118 Å². The highest BCUT2D eigenvalue weighted by atomic mass is 16.6. The molecule has 6 nitrogen and oxygen atoms in total. The molecule has 0 aromatic heterocycles. The van der Waals surface area contributed by atoms with Crippen molar-refractivity contribution in [2.75, 3.05) is 13.2 Å². The molecule has 0 saturated carbocycles. The lowest BCUT2D eigenvalue weighted by Crippen LogP contribution is -2.30. The number of ether oxygens (including phenoxy) is 3. The molecule has 0 amide bonds. The lowest BCUT2D eigenvalue weighted by atomic mass is 10.0. The maximum absolute atomic E-state index is 12.9. The van der Waals surface area contributed by atoms with Crippen LogP contribution in [0.3, 0.4) is 0 Å². The van der Waals surface area contributed by atoms with Crippen molar-refractivity contribution in [2.24, 2.45) is 0 Å². The first-order valence-electron chi connectivity index (χ1n) is 33.2. The van der Waals surface area contributed by atoms with E-state index in [4.69, 9.17) is 14.2 Å². The highest BCUT2D eigenvalue weighted by Gasteiger charge is 2.19. The fourth-order valence-corrected chi connectivity index (χ4v) is 9.43. The van der Waals surface area contributed by atoms with E-state index >= 15 is 0 Å². The van der Waals surface area contributed by atoms with E-state index in [9.17, 15) is 14.4 Å². The summed E-state index contributed by atoms with van der Waals surface area (Å²) < 4.78 is 16.9. The predicted octanol–water partition coefficient (Wildman–Crippen LogP) is 22.8. The van der Waals surface area contributed by atoms with Gasteiger partial charge in [0.15, 0.2) is 6.10 Å². The molecule has 448 valence electrons. The third-order valence-electron chi connectivity index (χ3n) is 14.3. The Hall–Kier alpha value is -3.67. The molecule has 0 spiro atoms. The van der Waals surface area contributed by atoms with Crippen LogP contribution in [-0.2, 0) is 28.6 Å². The quantitative estimate of drug-likeness (QED) is 0.0261. The van der Waals surface area contributed by atoms with Gasteiger partial charge >= 0.3 is 17.9 Å². The minimum Gasteiger partial charge on any atom is -0.462 e. The van der Waals surface area contributed by atoms with Gasteiger partial charge in [-0.3, -0.25) is 14.4 Å². The van der Waals surface area contributed by atoms with Gasteiger partial charge in [0.25, 0.3) is 0 Å². The number of allylic oxidation sites excluding steroid dienone is 16. The summed E-state index contributed by atoms with van der Waals surface area (Å²) in [5.41, 5.74) is 0. The summed E-state index contributed by atoms with van der Waals surface area (Å²) in [4.78, 5) is 38.3. The summed E-state index contributed by atoms with van der Waals surface area (Å²) in [6.07, 6.45) is 88.7. The number of carbonyl (C=O) groups is 3.